The van der Waals surface area contributed by atoms with E-state index in [9.17, 15) is 9.18 Å². The molecule has 0 aliphatic carbocycles. The number of carbonyl (C=O) groups is 1. The van der Waals surface area contributed by atoms with E-state index in [4.69, 9.17) is 16.6 Å². The molecule has 1 amide bonds. The Hall–Kier alpha value is -2.40. The summed E-state index contributed by atoms with van der Waals surface area (Å²) in [6.07, 6.45) is 0.421. The molecule has 25 heavy (non-hydrogen) atoms. The number of hydrogen-bond donors (Lipinski definition) is 0. The summed E-state index contributed by atoms with van der Waals surface area (Å²) < 4.78 is 16.3. The van der Waals surface area contributed by atoms with E-state index in [0.717, 1.165) is 16.9 Å². The number of halogens is 2. The van der Waals surface area contributed by atoms with Gasteiger partial charge in [0.2, 0.25) is 5.91 Å². The molecule has 4 rings (SSSR count). The van der Waals surface area contributed by atoms with Gasteiger partial charge in [0.1, 0.15) is 11.6 Å². The standard InChI is InChI=1S/C19H17ClFN3O/c1-23-10-12(9-18(23)25)19-22-16-7-2-3-8-17(16)24(19)11-13-14(20)5-4-6-15(13)21/h2-8,12H,9-11H2,1H3/t12-/m1/s1. The van der Waals surface area contributed by atoms with Crippen LogP contribution >= 0.6 is 11.6 Å². The first-order valence-corrected chi connectivity index (χ1v) is 8.54. The highest BCUT2D eigenvalue weighted by Crippen LogP contribution is 2.31. The highest BCUT2D eigenvalue weighted by atomic mass is 35.5. The Bertz CT molecular complexity index is 948. The number of carbonyl (C=O) groups excluding carboxylic acids is 1. The number of likely N-dealkylation sites (tertiary alicyclic amines) is 1. The fourth-order valence-corrected chi connectivity index (χ4v) is 3.67. The quantitative estimate of drug-likeness (QED) is 0.714. The molecule has 3 aromatic rings. The van der Waals surface area contributed by atoms with Crippen molar-refractivity contribution >= 4 is 28.5 Å². The smallest absolute Gasteiger partial charge is 0.223 e. The van der Waals surface area contributed by atoms with Crippen molar-refractivity contribution in [3.05, 3.63) is 64.7 Å². The Morgan fingerprint density at radius 2 is 2.04 bits per heavy atom. The maximum atomic E-state index is 14.3. The molecule has 1 aromatic heterocycles. The van der Waals surface area contributed by atoms with E-state index >= 15 is 0 Å². The van der Waals surface area contributed by atoms with Gasteiger partial charge in [0.05, 0.1) is 17.6 Å². The molecule has 0 radical (unpaired) electrons. The van der Waals surface area contributed by atoms with Crippen LogP contribution < -0.4 is 0 Å². The molecule has 0 unspecified atom stereocenters. The second kappa shape index (κ2) is 6.15. The van der Waals surface area contributed by atoms with Crippen molar-refractivity contribution in [2.24, 2.45) is 0 Å². The number of likely N-dealkylation sites (N-methyl/N-ethyl adjacent to an activating group) is 1. The topological polar surface area (TPSA) is 38.1 Å². The molecule has 6 heteroatoms. The largest absolute Gasteiger partial charge is 0.345 e. The third-order valence-electron chi connectivity index (χ3n) is 4.77. The minimum atomic E-state index is -0.337. The second-order valence-corrected chi connectivity index (χ2v) is 6.83. The van der Waals surface area contributed by atoms with E-state index in [-0.39, 0.29) is 24.2 Å². The molecule has 0 bridgehead atoms. The van der Waals surface area contributed by atoms with Gasteiger partial charge < -0.3 is 9.47 Å². The molecule has 1 aliphatic rings. The number of para-hydroxylation sites is 2. The van der Waals surface area contributed by atoms with Crippen molar-refractivity contribution in [3.63, 3.8) is 0 Å². The average Bonchev–Trinajstić information content (AvgIpc) is 3.12. The molecule has 128 valence electrons. The van der Waals surface area contributed by atoms with Crippen LogP contribution in [0.25, 0.3) is 11.0 Å². The zero-order chi connectivity index (χ0) is 17.6. The molecule has 2 aromatic carbocycles. The molecule has 4 nitrogen and oxygen atoms in total. The number of nitrogens with zero attached hydrogens (tertiary/aromatic N) is 3. The monoisotopic (exact) mass is 357 g/mol. The number of amides is 1. The molecular weight excluding hydrogens is 341 g/mol. The predicted octanol–water partition coefficient (Wildman–Crippen LogP) is 3.82. The summed E-state index contributed by atoms with van der Waals surface area (Å²) in [4.78, 5) is 18.4. The van der Waals surface area contributed by atoms with E-state index in [1.54, 1.807) is 24.1 Å². The lowest BCUT2D eigenvalue weighted by molar-refractivity contribution is -0.126. The number of fused-ring (bicyclic) bond motifs is 1. The van der Waals surface area contributed by atoms with Gasteiger partial charge in [0, 0.05) is 36.5 Å². The summed E-state index contributed by atoms with van der Waals surface area (Å²) >= 11 is 6.22. The normalized spacial score (nSPS) is 17.6. The summed E-state index contributed by atoms with van der Waals surface area (Å²) in [5.41, 5.74) is 2.19. The van der Waals surface area contributed by atoms with Gasteiger partial charge in [-0.15, -0.1) is 0 Å². The minimum Gasteiger partial charge on any atom is -0.345 e. The van der Waals surface area contributed by atoms with E-state index in [2.05, 4.69) is 0 Å². The first kappa shape index (κ1) is 16.1. The van der Waals surface area contributed by atoms with Crippen molar-refractivity contribution in [3.8, 4) is 0 Å². The lowest BCUT2D eigenvalue weighted by Crippen LogP contribution is -2.19. The van der Waals surface area contributed by atoms with Crippen LogP contribution in [0.1, 0.15) is 23.7 Å². The lowest BCUT2D eigenvalue weighted by atomic mass is 10.1. The fraction of sp³-hybridized carbons (Fsp3) is 0.263. The summed E-state index contributed by atoms with van der Waals surface area (Å²) in [7, 11) is 1.79. The molecule has 1 atom stereocenters. The van der Waals surface area contributed by atoms with Crippen molar-refractivity contribution in [2.75, 3.05) is 13.6 Å². The van der Waals surface area contributed by atoms with Gasteiger partial charge >= 0.3 is 0 Å². The second-order valence-electron chi connectivity index (χ2n) is 6.42. The third kappa shape index (κ3) is 2.78. The number of hydrogen-bond acceptors (Lipinski definition) is 2. The molecule has 2 heterocycles. The minimum absolute atomic E-state index is 0.00421. The lowest BCUT2D eigenvalue weighted by Gasteiger charge is -2.15. The molecule has 1 saturated heterocycles. The predicted molar refractivity (Wildman–Crippen MR) is 95.2 cm³/mol. The van der Waals surface area contributed by atoms with Crippen LogP contribution in [-0.4, -0.2) is 34.0 Å². The molecule has 0 spiro atoms. The Morgan fingerprint density at radius 3 is 2.76 bits per heavy atom. The highest BCUT2D eigenvalue weighted by Gasteiger charge is 2.32. The van der Waals surface area contributed by atoms with Crippen LogP contribution in [0, 0.1) is 5.82 Å². The molecule has 0 saturated carbocycles. The third-order valence-corrected chi connectivity index (χ3v) is 5.12. The number of aromatic nitrogens is 2. The van der Waals surface area contributed by atoms with Crippen LogP contribution in [0.4, 0.5) is 4.39 Å². The summed E-state index contributed by atoms with van der Waals surface area (Å²) in [5.74, 6) is 0.567. The summed E-state index contributed by atoms with van der Waals surface area (Å²) in [6, 6.07) is 12.4. The molecule has 1 fully saturated rings. The maximum Gasteiger partial charge on any atom is 0.223 e. The van der Waals surface area contributed by atoms with Crippen LogP contribution in [0.5, 0.6) is 0 Å². The molecule has 1 aliphatic heterocycles. The van der Waals surface area contributed by atoms with E-state index in [1.165, 1.54) is 6.07 Å². The van der Waals surface area contributed by atoms with Gasteiger partial charge in [0.15, 0.2) is 0 Å². The Balaban J connectivity index is 1.84. The van der Waals surface area contributed by atoms with E-state index in [0.29, 0.717) is 23.6 Å². The van der Waals surface area contributed by atoms with Crippen molar-refractivity contribution < 1.29 is 9.18 Å². The number of benzene rings is 2. The fourth-order valence-electron chi connectivity index (χ4n) is 3.45. The summed E-state index contributed by atoms with van der Waals surface area (Å²) in [6.45, 7) is 0.906. The Labute approximate surface area is 149 Å². The number of imidazole rings is 1. The zero-order valence-electron chi connectivity index (χ0n) is 13.7. The Morgan fingerprint density at radius 1 is 1.24 bits per heavy atom. The highest BCUT2D eigenvalue weighted by molar-refractivity contribution is 6.31. The van der Waals surface area contributed by atoms with Crippen LogP contribution in [0.15, 0.2) is 42.5 Å². The first-order valence-electron chi connectivity index (χ1n) is 8.16. The van der Waals surface area contributed by atoms with E-state index in [1.807, 2.05) is 28.8 Å². The van der Waals surface area contributed by atoms with Gasteiger partial charge in [-0.2, -0.15) is 0 Å². The van der Waals surface area contributed by atoms with Gasteiger partial charge in [-0.3, -0.25) is 4.79 Å². The zero-order valence-corrected chi connectivity index (χ0v) is 14.5. The first-order chi connectivity index (χ1) is 12.0. The SMILES string of the molecule is CN1C[C@H](c2nc3ccccc3n2Cc2c(F)cccc2Cl)CC1=O. The molecule has 0 N–H and O–H groups in total. The van der Waals surface area contributed by atoms with Gasteiger partial charge in [-0.05, 0) is 24.3 Å². The van der Waals surface area contributed by atoms with Crippen LogP contribution in [0.2, 0.25) is 5.02 Å². The van der Waals surface area contributed by atoms with E-state index < -0.39 is 0 Å². The van der Waals surface area contributed by atoms with Gasteiger partial charge in [0.25, 0.3) is 0 Å². The average molecular weight is 358 g/mol. The number of rotatable bonds is 3. The Kier molecular flexibility index (Phi) is 3.96. The van der Waals surface area contributed by atoms with Crippen molar-refractivity contribution in [1.29, 1.82) is 0 Å². The van der Waals surface area contributed by atoms with Gasteiger partial charge in [-0.1, -0.05) is 29.8 Å². The van der Waals surface area contributed by atoms with Crippen molar-refractivity contribution in [2.45, 2.75) is 18.9 Å². The summed E-state index contributed by atoms with van der Waals surface area (Å²) in [5, 5.41) is 0.392. The maximum absolute atomic E-state index is 14.3. The van der Waals surface area contributed by atoms with Crippen LogP contribution in [-0.2, 0) is 11.3 Å². The van der Waals surface area contributed by atoms with Gasteiger partial charge in [-0.25, -0.2) is 9.37 Å². The van der Waals surface area contributed by atoms with Crippen LogP contribution in [0.3, 0.4) is 0 Å². The molecular formula is C19H17ClFN3O. The van der Waals surface area contributed by atoms with Crippen molar-refractivity contribution in [1.82, 2.24) is 14.5 Å².